The minimum atomic E-state index is 0.480. The summed E-state index contributed by atoms with van der Waals surface area (Å²) in [4.78, 5) is 0. The third kappa shape index (κ3) is 4.12. The Labute approximate surface area is 83.3 Å². The van der Waals surface area contributed by atoms with Gasteiger partial charge in [-0.3, -0.25) is 0 Å². The van der Waals surface area contributed by atoms with Gasteiger partial charge in [-0.2, -0.15) is 0 Å². The lowest BCUT2D eigenvalue weighted by Gasteiger charge is -2.38. The molecule has 1 rings (SSSR count). The molecule has 1 heteroatoms. The molecule has 0 saturated heterocycles. The summed E-state index contributed by atoms with van der Waals surface area (Å²) < 4.78 is 0. The predicted octanol–water partition coefficient (Wildman–Crippen LogP) is 3.20. The fraction of sp³-hybridized carbons (Fsp3) is 1.00. The van der Waals surface area contributed by atoms with E-state index < -0.39 is 0 Å². The maximum absolute atomic E-state index is 3.58. The van der Waals surface area contributed by atoms with Crippen LogP contribution < -0.4 is 5.32 Å². The SMILES string of the molecule is CC(C)(C)CCNCC1(C)CCC1. The molecule has 0 aromatic heterocycles. The first-order valence-corrected chi connectivity index (χ1v) is 5.62. The third-order valence-corrected chi connectivity index (χ3v) is 3.16. The lowest BCUT2D eigenvalue weighted by molar-refractivity contribution is 0.155. The number of hydrogen-bond acceptors (Lipinski definition) is 1. The van der Waals surface area contributed by atoms with Gasteiger partial charge in [-0.25, -0.2) is 0 Å². The Bertz CT molecular complexity index is 151. The minimum absolute atomic E-state index is 0.480. The van der Waals surface area contributed by atoms with E-state index >= 15 is 0 Å². The molecule has 0 spiro atoms. The van der Waals surface area contributed by atoms with Crippen LogP contribution in [0.25, 0.3) is 0 Å². The highest BCUT2D eigenvalue weighted by atomic mass is 14.9. The minimum Gasteiger partial charge on any atom is -0.316 e. The summed E-state index contributed by atoms with van der Waals surface area (Å²) in [5, 5.41) is 3.58. The largest absolute Gasteiger partial charge is 0.316 e. The summed E-state index contributed by atoms with van der Waals surface area (Å²) in [6.45, 7) is 11.7. The van der Waals surface area contributed by atoms with Gasteiger partial charge in [0.2, 0.25) is 0 Å². The molecule has 0 radical (unpaired) electrons. The van der Waals surface area contributed by atoms with Gasteiger partial charge in [-0.15, -0.1) is 0 Å². The first-order chi connectivity index (χ1) is 5.91. The summed E-state index contributed by atoms with van der Waals surface area (Å²) in [5.74, 6) is 0. The van der Waals surface area contributed by atoms with Gasteiger partial charge in [0.15, 0.2) is 0 Å². The van der Waals surface area contributed by atoms with E-state index in [-0.39, 0.29) is 0 Å². The summed E-state index contributed by atoms with van der Waals surface area (Å²) in [5.41, 5.74) is 1.12. The fourth-order valence-electron chi connectivity index (χ4n) is 1.81. The zero-order chi connectivity index (χ0) is 9.95. The van der Waals surface area contributed by atoms with E-state index in [1.807, 2.05) is 0 Å². The highest BCUT2D eigenvalue weighted by molar-refractivity contribution is 4.85. The van der Waals surface area contributed by atoms with E-state index in [2.05, 4.69) is 33.0 Å². The maximum Gasteiger partial charge on any atom is 0.000516 e. The number of nitrogens with one attached hydrogen (secondary N) is 1. The average Bonchev–Trinajstić information content (AvgIpc) is 1.93. The summed E-state index contributed by atoms with van der Waals surface area (Å²) in [6.07, 6.45) is 5.57. The van der Waals surface area contributed by atoms with Crippen molar-refractivity contribution in [2.75, 3.05) is 13.1 Å². The Hall–Kier alpha value is -0.0400. The maximum atomic E-state index is 3.58. The van der Waals surface area contributed by atoms with Gasteiger partial charge < -0.3 is 5.32 Å². The van der Waals surface area contributed by atoms with Crippen LogP contribution in [0.3, 0.4) is 0 Å². The first-order valence-electron chi connectivity index (χ1n) is 5.62. The smallest absolute Gasteiger partial charge is 0.000516 e. The zero-order valence-electron chi connectivity index (χ0n) is 9.74. The van der Waals surface area contributed by atoms with Crippen LogP contribution in [-0.4, -0.2) is 13.1 Å². The van der Waals surface area contributed by atoms with Crippen LogP contribution >= 0.6 is 0 Å². The molecule has 0 atom stereocenters. The quantitative estimate of drug-likeness (QED) is 0.660. The number of rotatable bonds is 4. The van der Waals surface area contributed by atoms with Crippen LogP contribution in [0, 0.1) is 10.8 Å². The Morgan fingerprint density at radius 3 is 2.23 bits per heavy atom. The van der Waals surface area contributed by atoms with Crippen LogP contribution in [0.15, 0.2) is 0 Å². The molecule has 1 saturated carbocycles. The van der Waals surface area contributed by atoms with Crippen molar-refractivity contribution in [3.05, 3.63) is 0 Å². The Balaban J connectivity index is 2.01. The molecular formula is C12H25N. The van der Waals surface area contributed by atoms with Crippen LogP contribution in [0.2, 0.25) is 0 Å². The van der Waals surface area contributed by atoms with Crippen molar-refractivity contribution in [3.8, 4) is 0 Å². The van der Waals surface area contributed by atoms with Crippen molar-refractivity contribution in [2.45, 2.75) is 53.4 Å². The van der Waals surface area contributed by atoms with Crippen LogP contribution in [0.5, 0.6) is 0 Å². The topological polar surface area (TPSA) is 12.0 Å². The van der Waals surface area contributed by atoms with Gasteiger partial charge in [0.25, 0.3) is 0 Å². The van der Waals surface area contributed by atoms with Crippen LogP contribution in [0.1, 0.15) is 53.4 Å². The van der Waals surface area contributed by atoms with Gasteiger partial charge in [-0.1, -0.05) is 34.1 Å². The molecule has 0 aliphatic heterocycles. The molecule has 13 heavy (non-hydrogen) atoms. The van der Waals surface area contributed by atoms with Crippen molar-refractivity contribution < 1.29 is 0 Å². The molecule has 1 fully saturated rings. The summed E-state index contributed by atoms with van der Waals surface area (Å²) in [6, 6.07) is 0. The van der Waals surface area contributed by atoms with Gasteiger partial charge >= 0.3 is 0 Å². The molecule has 78 valence electrons. The summed E-state index contributed by atoms with van der Waals surface area (Å²) >= 11 is 0. The van der Waals surface area contributed by atoms with E-state index in [4.69, 9.17) is 0 Å². The number of hydrogen-bond donors (Lipinski definition) is 1. The molecule has 1 aliphatic rings. The fourth-order valence-corrected chi connectivity index (χ4v) is 1.81. The van der Waals surface area contributed by atoms with Crippen LogP contribution in [0.4, 0.5) is 0 Å². The lowest BCUT2D eigenvalue weighted by atomic mass is 9.70. The highest BCUT2D eigenvalue weighted by Crippen LogP contribution is 2.39. The van der Waals surface area contributed by atoms with Crippen molar-refractivity contribution in [1.82, 2.24) is 5.32 Å². The molecule has 0 aromatic rings. The monoisotopic (exact) mass is 183 g/mol. The first kappa shape index (κ1) is 11.0. The van der Waals surface area contributed by atoms with E-state index in [0.29, 0.717) is 10.8 Å². The second-order valence-corrected chi connectivity index (χ2v) is 6.15. The Kier molecular flexibility index (Phi) is 3.39. The van der Waals surface area contributed by atoms with Crippen molar-refractivity contribution in [2.24, 2.45) is 10.8 Å². The van der Waals surface area contributed by atoms with E-state index in [9.17, 15) is 0 Å². The molecule has 0 unspecified atom stereocenters. The third-order valence-electron chi connectivity index (χ3n) is 3.16. The average molecular weight is 183 g/mol. The summed E-state index contributed by atoms with van der Waals surface area (Å²) in [7, 11) is 0. The molecule has 0 heterocycles. The van der Waals surface area contributed by atoms with E-state index in [1.165, 1.54) is 38.8 Å². The van der Waals surface area contributed by atoms with Gasteiger partial charge in [-0.05, 0) is 36.6 Å². The standard InChI is InChI=1S/C12H25N/c1-11(2,3)8-9-13-10-12(4)6-5-7-12/h13H,5-10H2,1-4H3. The highest BCUT2D eigenvalue weighted by Gasteiger charge is 2.30. The van der Waals surface area contributed by atoms with Gasteiger partial charge in [0, 0.05) is 6.54 Å². The lowest BCUT2D eigenvalue weighted by Crippen LogP contribution is -2.38. The molecule has 1 aliphatic carbocycles. The zero-order valence-corrected chi connectivity index (χ0v) is 9.74. The van der Waals surface area contributed by atoms with E-state index in [1.54, 1.807) is 0 Å². The Morgan fingerprint density at radius 2 is 1.85 bits per heavy atom. The van der Waals surface area contributed by atoms with Crippen LogP contribution in [-0.2, 0) is 0 Å². The van der Waals surface area contributed by atoms with Crippen molar-refractivity contribution in [1.29, 1.82) is 0 Å². The molecular weight excluding hydrogens is 158 g/mol. The normalized spacial score (nSPS) is 21.2. The molecule has 0 aromatic carbocycles. The van der Waals surface area contributed by atoms with Crippen molar-refractivity contribution in [3.63, 3.8) is 0 Å². The molecule has 0 amide bonds. The second-order valence-electron chi connectivity index (χ2n) is 6.15. The molecule has 1 nitrogen and oxygen atoms in total. The Morgan fingerprint density at radius 1 is 1.23 bits per heavy atom. The van der Waals surface area contributed by atoms with Gasteiger partial charge in [0.1, 0.15) is 0 Å². The van der Waals surface area contributed by atoms with Crippen molar-refractivity contribution >= 4 is 0 Å². The molecule has 0 bridgehead atoms. The second kappa shape index (κ2) is 4.00. The van der Waals surface area contributed by atoms with Gasteiger partial charge in [0.05, 0.1) is 0 Å². The molecule has 1 N–H and O–H groups in total. The predicted molar refractivity (Wildman–Crippen MR) is 58.9 cm³/mol. The van der Waals surface area contributed by atoms with E-state index in [0.717, 1.165) is 0 Å².